The minimum absolute atomic E-state index is 0.178. The van der Waals surface area contributed by atoms with E-state index in [0.29, 0.717) is 12.8 Å². The Labute approximate surface area is 112 Å². The highest BCUT2D eigenvalue weighted by Gasteiger charge is 2.38. The van der Waals surface area contributed by atoms with Gasteiger partial charge in [-0.15, -0.1) is 0 Å². The second-order valence-electron chi connectivity index (χ2n) is 4.97. The molecule has 2 N–H and O–H groups in total. The van der Waals surface area contributed by atoms with Crippen LogP contribution in [0.4, 0.5) is 0 Å². The van der Waals surface area contributed by atoms with Crippen LogP contribution < -0.4 is 5.32 Å². The van der Waals surface area contributed by atoms with Crippen molar-refractivity contribution in [2.24, 2.45) is 11.8 Å². The average Bonchev–Trinajstić information content (AvgIpc) is 2.89. The maximum atomic E-state index is 12.1. The number of nitrogens with zero attached hydrogens (tertiary/aromatic N) is 1. The highest BCUT2D eigenvalue weighted by atomic mass is 16.4. The molecule has 1 aromatic heterocycles. The zero-order valence-corrected chi connectivity index (χ0v) is 10.9. The van der Waals surface area contributed by atoms with Gasteiger partial charge in [-0.1, -0.05) is 12.5 Å². The van der Waals surface area contributed by atoms with E-state index in [1.807, 2.05) is 25.1 Å². The van der Waals surface area contributed by atoms with Gasteiger partial charge < -0.3 is 10.4 Å². The number of hydrogen-bond donors (Lipinski definition) is 2. The van der Waals surface area contributed by atoms with Crippen LogP contribution in [0.1, 0.15) is 37.9 Å². The first-order valence-corrected chi connectivity index (χ1v) is 6.53. The average molecular weight is 262 g/mol. The molecule has 1 fully saturated rings. The molecule has 1 aromatic rings. The predicted molar refractivity (Wildman–Crippen MR) is 69.3 cm³/mol. The van der Waals surface area contributed by atoms with E-state index in [0.717, 1.165) is 12.1 Å². The molecule has 0 bridgehead atoms. The Hall–Kier alpha value is -1.91. The van der Waals surface area contributed by atoms with Crippen LogP contribution in [0.15, 0.2) is 24.4 Å². The van der Waals surface area contributed by atoms with Crippen molar-refractivity contribution in [3.63, 3.8) is 0 Å². The molecular weight excluding hydrogens is 244 g/mol. The summed E-state index contributed by atoms with van der Waals surface area (Å²) in [5, 5.41) is 11.9. The number of carboxylic acids is 1. The first kappa shape index (κ1) is 13.5. The molecule has 0 aliphatic heterocycles. The highest BCUT2D eigenvalue weighted by molar-refractivity contribution is 5.85. The third-order valence-corrected chi connectivity index (χ3v) is 3.66. The van der Waals surface area contributed by atoms with Crippen molar-refractivity contribution in [3.05, 3.63) is 30.1 Å². The van der Waals surface area contributed by atoms with Gasteiger partial charge in [-0.2, -0.15) is 0 Å². The second-order valence-corrected chi connectivity index (χ2v) is 4.97. The predicted octanol–water partition coefficient (Wildman–Crippen LogP) is 1.76. The molecule has 2 rings (SSSR count). The van der Waals surface area contributed by atoms with Crippen molar-refractivity contribution < 1.29 is 14.7 Å². The summed E-state index contributed by atoms with van der Waals surface area (Å²) in [5.74, 6) is -2.01. The van der Waals surface area contributed by atoms with Gasteiger partial charge in [-0.25, -0.2) is 0 Å². The SMILES string of the molecule is C[C@H](NC(=O)[C@@H]1CCC[C@@H]1C(=O)O)c1ccccn1. The zero-order valence-electron chi connectivity index (χ0n) is 10.9. The molecule has 1 saturated carbocycles. The number of carbonyl (C=O) groups is 2. The Morgan fingerprint density at radius 1 is 1.37 bits per heavy atom. The molecule has 1 heterocycles. The number of aromatic nitrogens is 1. The fourth-order valence-corrected chi connectivity index (χ4v) is 2.60. The molecule has 3 atom stereocenters. The fourth-order valence-electron chi connectivity index (χ4n) is 2.60. The van der Waals surface area contributed by atoms with Gasteiger partial charge in [0.15, 0.2) is 0 Å². The van der Waals surface area contributed by atoms with Crippen molar-refractivity contribution in [1.82, 2.24) is 10.3 Å². The molecule has 0 spiro atoms. The lowest BCUT2D eigenvalue weighted by atomic mass is 9.95. The van der Waals surface area contributed by atoms with E-state index in [2.05, 4.69) is 10.3 Å². The maximum absolute atomic E-state index is 12.1. The molecule has 0 unspecified atom stereocenters. The number of amides is 1. The summed E-state index contributed by atoms with van der Waals surface area (Å²) in [6.45, 7) is 1.85. The minimum Gasteiger partial charge on any atom is -0.481 e. The maximum Gasteiger partial charge on any atom is 0.307 e. The van der Waals surface area contributed by atoms with Gasteiger partial charge >= 0.3 is 5.97 Å². The molecule has 0 saturated heterocycles. The molecule has 5 heteroatoms. The molecule has 1 amide bonds. The van der Waals surface area contributed by atoms with Crippen LogP contribution in [0.2, 0.25) is 0 Å². The van der Waals surface area contributed by atoms with Crippen molar-refractivity contribution in [2.45, 2.75) is 32.2 Å². The topological polar surface area (TPSA) is 79.3 Å². The van der Waals surface area contributed by atoms with E-state index in [1.165, 1.54) is 0 Å². The Kier molecular flexibility index (Phi) is 4.14. The Balaban J connectivity index is 1.99. The van der Waals surface area contributed by atoms with Crippen LogP contribution in [0, 0.1) is 11.8 Å². The molecular formula is C14H18N2O3. The van der Waals surface area contributed by atoms with Crippen LogP contribution in [0.5, 0.6) is 0 Å². The molecule has 0 radical (unpaired) electrons. The first-order valence-electron chi connectivity index (χ1n) is 6.53. The summed E-state index contributed by atoms with van der Waals surface area (Å²) in [5.41, 5.74) is 0.778. The molecule has 19 heavy (non-hydrogen) atoms. The first-order chi connectivity index (χ1) is 9.09. The van der Waals surface area contributed by atoms with E-state index < -0.39 is 17.8 Å². The lowest BCUT2D eigenvalue weighted by molar-refractivity contribution is -0.146. The molecule has 102 valence electrons. The summed E-state index contributed by atoms with van der Waals surface area (Å²) in [6.07, 6.45) is 3.71. The molecule has 5 nitrogen and oxygen atoms in total. The Bertz CT molecular complexity index is 461. The zero-order chi connectivity index (χ0) is 13.8. The lowest BCUT2D eigenvalue weighted by Gasteiger charge is -2.19. The second kappa shape index (κ2) is 5.82. The summed E-state index contributed by atoms with van der Waals surface area (Å²) in [6, 6.07) is 5.31. The van der Waals surface area contributed by atoms with Gasteiger partial charge in [-0.05, 0) is 31.9 Å². The third kappa shape index (κ3) is 3.10. The van der Waals surface area contributed by atoms with E-state index in [4.69, 9.17) is 5.11 Å². The molecule has 0 aromatic carbocycles. The lowest BCUT2D eigenvalue weighted by Crippen LogP contribution is -2.36. The smallest absolute Gasteiger partial charge is 0.307 e. The van der Waals surface area contributed by atoms with Gasteiger partial charge in [0.05, 0.1) is 23.6 Å². The van der Waals surface area contributed by atoms with E-state index in [9.17, 15) is 9.59 Å². The normalized spacial score (nSPS) is 23.8. The third-order valence-electron chi connectivity index (χ3n) is 3.66. The van der Waals surface area contributed by atoms with Crippen LogP contribution >= 0.6 is 0 Å². The highest BCUT2D eigenvalue weighted by Crippen LogP contribution is 2.32. The Morgan fingerprint density at radius 3 is 2.74 bits per heavy atom. The van der Waals surface area contributed by atoms with Crippen LogP contribution in [0.3, 0.4) is 0 Å². The fraction of sp³-hybridized carbons (Fsp3) is 0.500. The molecule has 1 aliphatic carbocycles. The summed E-state index contributed by atoms with van der Waals surface area (Å²) in [7, 11) is 0. The summed E-state index contributed by atoms with van der Waals surface area (Å²) >= 11 is 0. The quantitative estimate of drug-likeness (QED) is 0.866. The largest absolute Gasteiger partial charge is 0.481 e. The van der Waals surface area contributed by atoms with Crippen molar-refractivity contribution in [1.29, 1.82) is 0 Å². The number of carboxylic acid groups (broad SMARTS) is 1. The monoisotopic (exact) mass is 262 g/mol. The standard InChI is InChI=1S/C14H18N2O3/c1-9(12-7-2-3-8-15-12)16-13(17)10-5-4-6-11(10)14(18)19/h2-3,7-11H,4-6H2,1H3,(H,16,17)(H,18,19)/t9-,10+,11-/m0/s1. The minimum atomic E-state index is -0.872. The van der Waals surface area contributed by atoms with Crippen molar-refractivity contribution >= 4 is 11.9 Å². The van der Waals surface area contributed by atoms with Crippen LogP contribution in [-0.4, -0.2) is 22.0 Å². The van der Waals surface area contributed by atoms with Gasteiger partial charge in [0.2, 0.25) is 5.91 Å². The number of hydrogen-bond acceptors (Lipinski definition) is 3. The van der Waals surface area contributed by atoms with Gasteiger partial charge in [0, 0.05) is 6.20 Å². The van der Waals surface area contributed by atoms with Crippen molar-refractivity contribution in [3.8, 4) is 0 Å². The van der Waals surface area contributed by atoms with E-state index in [-0.39, 0.29) is 11.9 Å². The molecule has 1 aliphatic rings. The summed E-state index contributed by atoms with van der Waals surface area (Å²) in [4.78, 5) is 27.4. The number of rotatable bonds is 4. The van der Waals surface area contributed by atoms with Crippen molar-refractivity contribution in [2.75, 3.05) is 0 Å². The summed E-state index contributed by atoms with van der Waals surface area (Å²) < 4.78 is 0. The van der Waals surface area contributed by atoms with Crippen LogP contribution in [0.25, 0.3) is 0 Å². The van der Waals surface area contributed by atoms with Gasteiger partial charge in [0.1, 0.15) is 0 Å². The number of aliphatic carboxylic acids is 1. The van der Waals surface area contributed by atoms with E-state index >= 15 is 0 Å². The number of nitrogens with one attached hydrogen (secondary N) is 1. The number of carbonyl (C=O) groups excluding carboxylic acids is 1. The van der Waals surface area contributed by atoms with Gasteiger partial charge in [0.25, 0.3) is 0 Å². The number of pyridine rings is 1. The van der Waals surface area contributed by atoms with Gasteiger partial charge in [-0.3, -0.25) is 14.6 Å². The van der Waals surface area contributed by atoms with Crippen LogP contribution in [-0.2, 0) is 9.59 Å². The van der Waals surface area contributed by atoms with E-state index in [1.54, 1.807) is 6.20 Å². The Morgan fingerprint density at radius 2 is 2.11 bits per heavy atom.